The Labute approximate surface area is 67.2 Å². The predicted molar refractivity (Wildman–Crippen MR) is 46.0 cm³/mol. The van der Waals surface area contributed by atoms with Crippen LogP contribution in [0.3, 0.4) is 0 Å². The van der Waals surface area contributed by atoms with Gasteiger partial charge in [0.1, 0.15) is 0 Å². The van der Waals surface area contributed by atoms with Gasteiger partial charge >= 0.3 is 0 Å². The molecule has 0 unspecified atom stereocenters. The van der Waals surface area contributed by atoms with Crippen LogP contribution in [0.25, 0.3) is 0 Å². The molecule has 0 radical (unpaired) electrons. The molecule has 1 aliphatic heterocycles. The molecule has 0 bridgehead atoms. The van der Waals surface area contributed by atoms with Gasteiger partial charge in [-0.15, -0.1) is 0 Å². The van der Waals surface area contributed by atoms with Gasteiger partial charge in [-0.25, -0.2) is 0 Å². The Morgan fingerprint density at radius 3 is 1.70 bits per heavy atom. The van der Waals surface area contributed by atoms with Crippen molar-refractivity contribution in [2.24, 2.45) is 0 Å². The smallest absolute Gasteiger partial charge is 0.0587 e. The summed E-state index contributed by atoms with van der Waals surface area (Å²) in [5, 5.41) is 14.3. The molecule has 1 rings (SSSR count). The van der Waals surface area contributed by atoms with Crippen molar-refractivity contribution in [3.63, 3.8) is 0 Å². The van der Waals surface area contributed by atoms with Crippen LogP contribution in [0.15, 0.2) is 0 Å². The molecule has 0 aromatic carbocycles. The van der Waals surface area contributed by atoms with E-state index in [1.165, 1.54) is 31.3 Å². The molecule has 0 aliphatic carbocycles. The summed E-state index contributed by atoms with van der Waals surface area (Å²) in [4.78, 5) is 0. The van der Waals surface area contributed by atoms with E-state index in [1.54, 1.807) is 6.07 Å². The normalized spacial score (nSPS) is 13.4. The Morgan fingerprint density at radius 2 is 1.60 bits per heavy atom. The molecule has 10 heavy (non-hydrogen) atoms. The van der Waals surface area contributed by atoms with Gasteiger partial charge in [0.05, 0.1) is 6.07 Å². The number of nitrogens with zero attached hydrogens (tertiary/aromatic N) is 1. The fourth-order valence-electron chi connectivity index (χ4n) is 0.510. The Balaban J connectivity index is 0. The average molecular weight is 161 g/mol. The van der Waals surface area contributed by atoms with E-state index in [0.29, 0.717) is 0 Å². The highest BCUT2D eigenvalue weighted by atomic mass is 32.2. The fourth-order valence-corrected chi connectivity index (χ4v) is 1.53. The number of nitriles is 1. The summed E-state index contributed by atoms with van der Waals surface area (Å²) in [7, 11) is 1.00. The molecule has 1 N–H and O–H groups in total. The molecule has 0 aromatic heterocycles. The first-order valence-electron chi connectivity index (χ1n) is 3.25. The number of aliphatic hydroxyl groups is 1. The molecule has 0 atom stereocenters. The lowest BCUT2D eigenvalue weighted by Crippen LogP contribution is -1.58. The Bertz CT molecular complexity index is 68.6. The molecule has 0 spiro atoms. The van der Waals surface area contributed by atoms with Crippen LogP contribution in [0.1, 0.15) is 19.8 Å². The molecule has 2 nitrogen and oxygen atoms in total. The lowest BCUT2D eigenvalue weighted by atomic mass is 10.4. The van der Waals surface area contributed by atoms with Crippen LogP contribution < -0.4 is 0 Å². The maximum absolute atomic E-state index is 7.32. The average Bonchev–Trinajstić information content (AvgIpc) is 2.48. The Hall–Kier alpha value is -0.200. The van der Waals surface area contributed by atoms with Crippen molar-refractivity contribution in [2.45, 2.75) is 19.8 Å². The first kappa shape index (κ1) is 12.5. The van der Waals surface area contributed by atoms with E-state index in [0.717, 1.165) is 7.11 Å². The molecule has 0 aromatic rings. The van der Waals surface area contributed by atoms with Gasteiger partial charge < -0.3 is 5.11 Å². The summed E-state index contributed by atoms with van der Waals surface area (Å²) in [5.41, 5.74) is 0. The monoisotopic (exact) mass is 161 g/mol. The summed E-state index contributed by atoms with van der Waals surface area (Å²) in [6, 6.07) is 1.75. The molecule has 1 aliphatic rings. The van der Waals surface area contributed by atoms with Gasteiger partial charge in [0, 0.05) is 14.0 Å². The molecular formula is C7H15NOS. The van der Waals surface area contributed by atoms with Gasteiger partial charge in [-0.3, -0.25) is 0 Å². The van der Waals surface area contributed by atoms with Crippen LogP contribution in [-0.4, -0.2) is 23.7 Å². The summed E-state index contributed by atoms with van der Waals surface area (Å²) < 4.78 is 0. The third-order valence-electron chi connectivity index (χ3n) is 0.827. The zero-order chi connectivity index (χ0) is 8.24. The largest absolute Gasteiger partial charge is 0.400 e. The van der Waals surface area contributed by atoms with E-state index in [9.17, 15) is 0 Å². The van der Waals surface area contributed by atoms with Crippen LogP contribution in [0.5, 0.6) is 0 Å². The minimum absolute atomic E-state index is 1.00. The second-order valence-corrected chi connectivity index (χ2v) is 2.77. The maximum Gasteiger partial charge on any atom is 0.0587 e. The van der Waals surface area contributed by atoms with Gasteiger partial charge in [0.15, 0.2) is 0 Å². The van der Waals surface area contributed by atoms with Crippen molar-refractivity contribution in [1.29, 1.82) is 5.26 Å². The summed E-state index contributed by atoms with van der Waals surface area (Å²) in [6.45, 7) is 1.43. The highest BCUT2D eigenvalue weighted by Gasteiger charge is 1.95. The van der Waals surface area contributed by atoms with Gasteiger partial charge in [-0.1, -0.05) is 0 Å². The number of rotatable bonds is 0. The van der Waals surface area contributed by atoms with Gasteiger partial charge in [0.2, 0.25) is 0 Å². The highest BCUT2D eigenvalue weighted by molar-refractivity contribution is 7.99. The molecular weight excluding hydrogens is 146 g/mol. The van der Waals surface area contributed by atoms with Crippen LogP contribution in [-0.2, 0) is 0 Å². The minimum Gasteiger partial charge on any atom is -0.400 e. The van der Waals surface area contributed by atoms with E-state index < -0.39 is 0 Å². The minimum atomic E-state index is 1.00. The predicted octanol–water partition coefficient (Wildman–Crippen LogP) is 1.65. The molecule has 1 saturated heterocycles. The van der Waals surface area contributed by atoms with Crippen LogP contribution >= 0.6 is 11.8 Å². The third kappa shape index (κ3) is 15.7. The van der Waals surface area contributed by atoms with E-state index in [-0.39, 0.29) is 0 Å². The van der Waals surface area contributed by atoms with Crippen molar-refractivity contribution in [1.82, 2.24) is 0 Å². The second kappa shape index (κ2) is 15.9. The lowest BCUT2D eigenvalue weighted by molar-refractivity contribution is 0.399. The summed E-state index contributed by atoms with van der Waals surface area (Å²) in [5.74, 6) is 2.83. The molecule has 3 heteroatoms. The first-order valence-corrected chi connectivity index (χ1v) is 4.40. The van der Waals surface area contributed by atoms with Crippen molar-refractivity contribution in [3.8, 4) is 6.07 Å². The Kier molecular flexibility index (Phi) is 19.9. The van der Waals surface area contributed by atoms with E-state index in [1.807, 2.05) is 0 Å². The highest BCUT2D eigenvalue weighted by Crippen LogP contribution is 2.14. The summed E-state index contributed by atoms with van der Waals surface area (Å²) in [6.07, 6.45) is 2.93. The number of thioether (sulfide) groups is 1. The molecule has 60 valence electrons. The molecule has 1 heterocycles. The number of hydrogen-bond acceptors (Lipinski definition) is 3. The van der Waals surface area contributed by atoms with Crippen LogP contribution in [0.2, 0.25) is 0 Å². The zero-order valence-electron chi connectivity index (χ0n) is 6.63. The van der Waals surface area contributed by atoms with Crippen molar-refractivity contribution in [3.05, 3.63) is 0 Å². The van der Waals surface area contributed by atoms with Gasteiger partial charge in [0.25, 0.3) is 0 Å². The van der Waals surface area contributed by atoms with Gasteiger partial charge in [-0.05, 0) is 24.3 Å². The number of aliphatic hydroxyl groups excluding tert-OH is 1. The molecule has 1 fully saturated rings. The van der Waals surface area contributed by atoms with Crippen LogP contribution in [0, 0.1) is 11.3 Å². The topological polar surface area (TPSA) is 44.0 Å². The maximum atomic E-state index is 7.32. The quantitative estimate of drug-likeness (QED) is 0.587. The third-order valence-corrected chi connectivity index (χ3v) is 1.98. The first-order chi connectivity index (χ1) is 4.91. The SMILES string of the molecule is C1CCSC1.CC#N.CO. The molecule has 0 amide bonds. The van der Waals surface area contributed by atoms with Crippen molar-refractivity contribution >= 4 is 11.8 Å². The van der Waals surface area contributed by atoms with E-state index in [2.05, 4.69) is 11.8 Å². The second-order valence-electron chi connectivity index (χ2n) is 1.54. The van der Waals surface area contributed by atoms with Crippen molar-refractivity contribution in [2.75, 3.05) is 18.6 Å². The Morgan fingerprint density at radius 1 is 1.30 bits per heavy atom. The molecule has 0 saturated carbocycles. The zero-order valence-corrected chi connectivity index (χ0v) is 7.45. The van der Waals surface area contributed by atoms with Crippen molar-refractivity contribution < 1.29 is 5.11 Å². The standard InChI is InChI=1S/C4H8S.C2H3N.CH4O/c1-2-4-5-3-1;1-2-3;1-2/h1-4H2;1H3;2H,1H3. The lowest BCUT2D eigenvalue weighted by Gasteiger charge is -1.69. The fraction of sp³-hybridized carbons (Fsp3) is 0.857. The van der Waals surface area contributed by atoms with E-state index in [4.69, 9.17) is 10.4 Å². The van der Waals surface area contributed by atoms with Crippen LogP contribution in [0.4, 0.5) is 0 Å². The van der Waals surface area contributed by atoms with Gasteiger partial charge in [-0.2, -0.15) is 17.0 Å². The van der Waals surface area contributed by atoms with E-state index >= 15 is 0 Å². The number of hydrogen-bond donors (Lipinski definition) is 1. The summed E-state index contributed by atoms with van der Waals surface area (Å²) >= 11 is 2.07.